The molecular formula is C8H12N2O. The lowest BCUT2D eigenvalue weighted by Gasteiger charge is -2.00. The molecule has 1 aliphatic carbocycles. The number of rotatable bonds is 1. The van der Waals surface area contributed by atoms with Crippen LogP contribution in [0, 0.1) is 0 Å². The third kappa shape index (κ3) is 1.23. The lowest BCUT2D eigenvalue weighted by atomic mass is 10.1. The van der Waals surface area contributed by atoms with Crippen LogP contribution in [-0.2, 0) is 0 Å². The summed E-state index contributed by atoms with van der Waals surface area (Å²) < 4.78 is 4.94. The molecule has 2 N–H and O–H groups in total. The highest BCUT2D eigenvalue weighted by Gasteiger charge is 2.19. The zero-order valence-corrected chi connectivity index (χ0v) is 6.42. The van der Waals surface area contributed by atoms with Crippen LogP contribution in [-0.4, -0.2) is 4.98 Å². The Labute approximate surface area is 65.6 Å². The minimum Gasteiger partial charge on any atom is -0.432 e. The fourth-order valence-corrected chi connectivity index (χ4v) is 1.71. The number of hydrogen-bond donors (Lipinski definition) is 1. The van der Waals surface area contributed by atoms with E-state index in [0.717, 1.165) is 5.69 Å². The van der Waals surface area contributed by atoms with Crippen LogP contribution in [0.3, 0.4) is 0 Å². The summed E-state index contributed by atoms with van der Waals surface area (Å²) in [5, 5.41) is 0. The predicted octanol–water partition coefficient (Wildman–Crippen LogP) is 1.91. The first-order chi connectivity index (χ1) is 5.36. The molecule has 3 heteroatoms. The van der Waals surface area contributed by atoms with Gasteiger partial charge < -0.3 is 10.2 Å². The number of hydrogen-bond acceptors (Lipinski definition) is 3. The van der Waals surface area contributed by atoms with Gasteiger partial charge in [0.05, 0.1) is 5.69 Å². The highest BCUT2D eigenvalue weighted by Crippen LogP contribution is 2.33. The minimum absolute atomic E-state index is 0.298. The molecule has 11 heavy (non-hydrogen) atoms. The van der Waals surface area contributed by atoms with Crippen molar-refractivity contribution in [1.29, 1.82) is 0 Å². The van der Waals surface area contributed by atoms with E-state index in [9.17, 15) is 0 Å². The second kappa shape index (κ2) is 2.57. The SMILES string of the molecule is Nc1nc(C2CCCC2)co1. The molecule has 3 nitrogen and oxygen atoms in total. The van der Waals surface area contributed by atoms with Gasteiger partial charge in [-0.15, -0.1) is 0 Å². The molecule has 0 radical (unpaired) electrons. The van der Waals surface area contributed by atoms with E-state index in [1.165, 1.54) is 25.7 Å². The predicted molar refractivity (Wildman–Crippen MR) is 42.1 cm³/mol. The van der Waals surface area contributed by atoms with Crippen LogP contribution in [0.25, 0.3) is 0 Å². The fourth-order valence-electron chi connectivity index (χ4n) is 1.71. The molecule has 0 aliphatic heterocycles. The van der Waals surface area contributed by atoms with Crippen LogP contribution in [0.4, 0.5) is 6.01 Å². The van der Waals surface area contributed by atoms with Gasteiger partial charge in [-0.05, 0) is 12.8 Å². The molecule has 0 unspecified atom stereocenters. The van der Waals surface area contributed by atoms with Gasteiger partial charge in [0.15, 0.2) is 0 Å². The van der Waals surface area contributed by atoms with Crippen LogP contribution in [0.2, 0.25) is 0 Å². The third-order valence-corrected chi connectivity index (χ3v) is 2.31. The molecule has 0 amide bonds. The summed E-state index contributed by atoms with van der Waals surface area (Å²) in [5.74, 6) is 0.607. The lowest BCUT2D eigenvalue weighted by Crippen LogP contribution is -1.92. The third-order valence-electron chi connectivity index (χ3n) is 2.31. The van der Waals surface area contributed by atoms with Crippen LogP contribution < -0.4 is 5.73 Å². The van der Waals surface area contributed by atoms with Gasteiger partial charge in [-0.2, -0.15) is 4.98 Å². The van der Waals surface area contributed by atoms with Gasteiger partial charge in [-0.25, -0.2) is 0 Å². The second-order valence-corrected chi connectivity index (χ2v) is 3.09. The van der Waals surface area contributed by atoms with E-state index in [1.807, 2.05) is 0 Å². The Balaban J connectivity index is 2.15. The molecule has 0 spiro atoms. The first kappa shape index (κ1) is 6.70. The van der Waals surface area contributed by atoms with Gasteiger partial charge in [-0.3, -0.25) is 0 Å². The van der Waals surface area contributed by atoms with E-state index in [0.29, 0.717) is 11.9 Å². The molecule has 1 aliphatic rings. The van der Waals surface area contributed by atoms with Crippen molar-refractivity contribution in [1.82, 2.24) is 4.98 Å². The Hall–Kier alpha value is -0.990. The Morgan fingerprint density at radius 1 is 1.45 bits per heavy atom. The van der Waals surface area contributed by atoms with E-state index < -0.39 is 0 Å². The number of nitrogen functional groups attached to an aromatic ring is 1. The Kier molecular flexibility index (Phi) is 1.56. The Bertz CT molecular complexity index is 238. The van der Waals surface area contributed by atoms with Gasteiger partial charge in [0.1, 0.15) is 6.26 Å². The van der Waals surface area contributed by atoms with Crippen LogP contribution in [0.1, 0.15) is 37.3 Å². The molecule has 0 aromatic carbocycles. The van der Waals surface area contributed by atoms with Crippen molar-refractivity contribution in [2.45, 2.75) is 31.6 Å². The molecule has 0 bridgehead atoms. The molecule has 1 aromatic heterocycles. The molecular weight excluding hydrogens is 140 g/mol. The summed E-state index contributed by atoms with van der Waals surface area (Å²) >= 11 is 0. The van der Waals surface area contributed by atoms with E-state index in [4.69, 9.17) is 10.2 Å². The van der Waals surface area contributed by atoms with Crippen molar-refractivity contribution in [2.24, 2.45) is 0 Å². The Morgan fingerprint density at radius 2 is 2.18 bits per heavy atom. The van der Waals surface area contributed by atoms with Gasteiger partial charge in [0.2, 0.25) is 0 Å². The zero-order chi connectivity index (χ0) is 7.68. The standard InChI is InChI=1S/C8H12N2O/c9-8-10-7(5-11-8)6-3-1-2-4-6/h5-6H,1-4H2,(H2,9,10). The highest BCUT2D eigenvalue weighted by molar-refractivity contribution is 5.16. The van der Waals surface area contributed by atoms with Gasteiger partial charge in [-0.1, -0.05) is 12.8 Å². The molecule has 1 fully saturated rings. The van der Waals surface area contributed by atoms with Crippen LogP contribution in [0.5, 0.6) is 0 Å². The zero-order valence-electron chi connectivity index (χ0n) is 6.42. The second-order valence-electron chi connectivity index (χ2n) is 3.09. The van der Waals surface area contributed by atoms with Gasteiger partial charge in [0, 0.05) is 5.92 Å². The minimum atomic E-state index is 0.298. The van der Waals surface area contributed by atoms with E-state index in [1.54, 1.807) is 6.26 Å². The highest BCUT2D eigenvalue weighted by atomic mass is 16.4. The summed E-state index contributed by atoms with van der Waals surface area (Å²) in [7, 11) is 0. The van der Waals surface area contributed by atoms with Crippen molar-refractivity contribution in [3.8, 4) is 0 Å². The summed E-state index contributed by atoms with van der Waals surface area (Å²) in [6.07, 6.45) is 6.80. The number of nitrogens with two attached hydrogens (primary N) is 1. The summed E-state index contributed by atoms with van der Waals surface area (Å²) in [4.78, 5) is 4.10. The van der Waals surface area contributed by atoms with E-state index in [-0.39, 0.29) is 0 Å². The maximum absolute atomic E-state index is 5.37. The van der Waals surface area contributed by atoms with E-state index in [2.05, 4.69) is 4.98 Å². The van der Waals surface area contributed by atoms with Crippen molar-refractivity contribution in [3.63, 3.8) is 0 Å². The molecule has 2 rings (SSSR count). The topological polar surface area (TPSA) is 52.0 Å². The monoisotopic (exact) mass is 152 g/mol. The first-order valence-electron chi connectivity index (χ1n) is 4.07. The fraction of sp³-hybridized carbons (Fsp3) is 0.625. The summed E-state index contributed by atoms with van der Waals surface area (Å²) in [6.45, 7) is 0. The van der Waals surface area contributed by atoms with Gasteiger partial charge in [0.25, 0.3) is 6.01 Å². The first-order valence-corrected chi connectivity index (χ1v) is 4.07. The van der Waals surface area contributed by atoms with E-state index >= 15 is 0 Å². The largest absolute Gasteiger partial charge is 0.432 e. The average Bonchev–Trinajstić information content (AvgIpc) is 2.55. The summed E-state index contributed by atoms with van der Waals surface area (Å²) in [6, 6.07) is 0.298. The molecule has 1 saturated carbocycles. The van der Waals surface area contributed by atoms with Gasteiger partial charge >= 0.3 is 0 Å². The number of nitrogens with zero attached hydrogens (tertiary/aromatic N) is 1. The maximum atomic E-state index is 5.37. The molecule has 60 valence electrons. The molecule has 0 saturated heterocycles. The number of anilines is 1. The number of aromatic nitrogens is 1. The lowest BCUT2D eigenvalue weighted by molar-refractivity contribution is 0.574. The van der Waals surface area contributed by atoms with Crippen molar-refractivity contribution in [2.75, 3.05) is 5.73 Å². The Morgan fingerprint density at radius 3 is 2.73 bits per heavy atom. The molecule has 1 aromatic rings. The van der Waals surface area contributed by atoms with Crippen molar-refractivity contribution < 1.29 is 4.42 Å². The normalized spacial score (nSPS) is 19.3. The maximum Gasteiger partial charge on any atom is 0.292 e. The molecule has 0 atom stereocenters. The average molecular weight is 152 g/mol. The quantitative estimate of drug-likeness (QED) is 0.668. The molecule has 1 heterocycles. The van der Waals surface area contributed by atoms with Crippen molar-refractivity contribution >= 4 is 6.01 Å². The summed E-state index contributed by atoms with van der Waals surface area (Å²) in [5.41, 5.74) is 6.41. The number of oxazole rings is 1. The van der Waals surface area contributed by atoms with Crippen LogP contribution >= 0.6 is 0 Å². The van der Waals surface area contributed by atoms with Crippen LogP contribution in [0.15, 0.2) is 10.7 Å². The van der Waals surface area contributed by atoms with Crippen molar-refractivity contribution in [3.05, 3.63) is 12.0 Å². The smallest absolute Gasteiger partial charge is 0.292 e.